The Morgan fingerprint density at radius 1 is 1.03 bits per heavy atom. The van der Waals surface area contributed by atoms with Gasteiger partial charge in [0, 0.05) is 6.42 Å². The number of thioether (sulfide) groups is 1. The molecule has 7 N–H and O–H groups in total. The van der Waals surface area contributed by atoms with Crippen molar-refractivity contribution in [1.82, 2.24) is 16.0 Å². The predicted molar refractivity (Wildman–Crippen MR) is 113 cm³/mol. The third-order valence-corrected chi connectivity index (χ3v) is 4.69. The summed E-state index contributed by atoms with van der Waals surface area (Å²) < 4.78 is 0. The zero-order valence-electron chi connectivity index (χ0n) is 16.6. The molecule has 3 atom stereocenters. The number of rotatable bonds is 12. The number of nitrogens with two attached hydrogens (primary N) is 2. The minimum atomic E-state index is -0.937. The Hall–Kier alpha value is -2.59. The smallest absolute Gasteiger partial charge is 0.243 e. The van der Waals surface area contributed by atoms with Crippen LogP contribution in [0.5, 0.6) is 0 Å². The van der Waals surface area contributed by atoms with Crippen molar-refractivity contribution in [3.8, 4) is 0 Å². The SMILES string of the molecule is CSCC[C@H](NC(=O)[C@H](Cc1ccccc1)NC(=O)CNC(=O)[C@@H](C)N)C(N)=O. The van der Waals surface area contributed by atoms with Gasteiger partial charge in [0.05, 0.1) is 12.6 Å². The van der Waals surface area contributed by atoms with E-state index in [0.29, 0.717) is 12.2 Å². The van der Waals surface area contributed by atoms with Crippen LogP contribution in [0.2, 0.25) is 0 Å². The maximum Gasteiger partial charge on any atom is 0.243 e. The number of hydrogen-bond acceptors (Lipinski definition) is 6. The first-order valence-corrected chi connectivity index (χ1v) is 10.6. The maximum atomic E-state index is 12.8. The molecule has 0 saturated heterocycles. The Morgan fingerprint density at radius 2 is 1.69 bits per heavy atom. The van der Waals surface area contributed by atoms with Crippen LogP contribution >= 0.6 is 11.8 Å². The van der Waals surface area contributed by atoms with Gasteiger partial charge in [-0.3, -0.25) is 19.2 Å². The molecule has 29 heavy (non-hydrogen) atoms. The Balaban J connectivity index is 2.83. The van der Waals surface area contributed by atoms with Gasteiger partial charge in [-0.2, -0.15) is 11.8 Å². The van der Waals surface area contributed by atoms with Crippen LogP contribution in [-0.4, -0.2) is 60.3 Å². The Morgan fingerprint density at radius 3 is 2.24 bits per heavy atom. The number of hydrogen-bond donors (Lipinski definition) is 5. The van der Waals surface area contributed by atoms with Crippen molar-refractivity contribution in [2.24, 2.45) is 11.5 Å². The molecular formula is C19H29N5O4S. The lowest BCUT2D eigenvalue weighted by atomic mass is 10.0. The van der Waals surface area contributed by atoms with Gasteiger partial charge in [0.1, 0.15) is 12.1 Å². The maximum absolute atomic E-state index is 12.8. The van der Waals surface area contributed by atoms with E-state index in [9.17, 15) is 19.2 Å². The number of primary amides is 1. The largest absolute Gasteiger partial charge is 0.368 e. The molecule has 1 aromatic rings. The Bertz CT molecular complexity index is 699. The van der Waals surface area contributed by atoms with Gasteiger partial charge in [0.2, 0.25) is 23.6 Å². The van der Waals surface area contributed by atoms with Crippen LogP contribution in [0.3, 0.4) is 0 Å². The summed E-state index contributed by atoms with van der Waals surface area (Å²) in [6, 6.07) is 6.61. The zero-order valence-corrected chi connectivity index (χ0v) is 17.5. The predicted octanol–water partition coefficient (Wildman–Crippen LogP) is -1.10. The van der Waals surface area contributed by atoms with Crippen LogP contribution < -0.4 is 27.4 Å². The van der Waals surface area contributed by atoms with E-state index >= 15 is 0 Å². The molecular weight excluding hydrogens is 394 g/mol. The molecule has 0 fully saturated rings. The third kappa shape index (κ3) is 9.44. The normalized spacial score (nSPS) is 13.6. The van der Waals surface area contributed by atoms with Gasteiger partial charge in [-0.25, -0.2) is 0 Å². The summed E-state index contributed by atoms with van der Waals surface area (Å²) in [6.07, 6.45) is 2.49. The van der Waals surface area contributed by atoms with E-state index < -0.39 is 41.8 Å². The highest BCUT2D eigenvalue weighted by Crippen LogP contribution is 2.06. The fourth-order valence-electron chi connectivity index (χ4n) is 2.43. The molecule has 9 nitrogen and oxygen atoms in total. The van der Waals surface area contributed by atoms with Gasteiger partial charge < -0.3 is 27.4 Å². The van der Waals surface area contributed by atoms with E-state index in [0.717, 1.165) is 5.56 Å². The molecule has 0 unspecified atom stereocenters. The van der Waals surface area contributed by atoms with Gasteiger partial charge in [0.25, 0.3) is 0 Å². The molecule has 0 spiro atoms. The van der Waals surface area contributed by atoms with Gasteiger partial charge >= 0.3 is 0 Å². The summed E-state index contributed by atoms with van der Waals surface area (Å²) in [5, 5.41) is 7.60. The lowest BCUT2D eigenvalue weighted by molar-refractivity contribution is -0.131. The van der Waals surface area contributed by atoms with Gasteiger partial charge in [-0.15, -0.1) is 0 Å². The summed E-state index contributed by atoms with van der Waals surface area (Å²) in [5.74, 6) is -1.54. The van der Waals surface area contributed by atoms with Crippen molar-refractivity contribution in [1.29, 1.82) is 0 Å². The second kappa shape index (κ2) is 12.8. The summed E-state index contributed by atoms with van der Waals surface area (Å²) in [7, 11) is 0. The number of amides is 4. The van der Waals surface area contributed by atoms with Crippen LogP contribution in [0.25, 0.3) is 0 Å². The van der Waals surface area contributed by atoms with Crippen molar-refractivity contribution < 1.29 is 19.2 Å². The highest BCUT2D eigenvalue weighted by atomic mass is 32.2. The van der Waals surface area contributed by atoms with Gasteiger partial charge in [-0.05, 0) is 30.9 Å². The topological polar surface area (TPSA) is 156 Å². The molecule has 0 radical (unpaired) electrons. The highest BCUT2D eigenvalue weighted by molar-refractivity contribution is 7.98. The van der Waals surface area contributed by atoms with E-state index in [1.807, 2.05) is 36.6 Å². The summed E-state index contributed by atoms with van der Waals surface area (Å²) in [5.41, 5.74) is 11.6. The first kappa shape index (κ1) is 24.4. The van der Waals surface area contributed by atoms with Gasteiger partial charge in [0.15, 0.2) is 0 Å². The first-order valence-electron chi connectivity index (χ1n) is 9.19. The molecule has 10 heteroatoms. The van der Waals surface area contributed by atoms with Crippen molar-refractivity contribution in [3.63, 3.8) is 0 Å². The lowest BCUT2D eigenvalue weighted by Crippen LogP contribution is -2.55. The van der Waals surface area contributed by atoms with Crippen molar-refractivity contribution in [2.75, 3.05) is 18.6 Å². The van der Waals surface area contributed by atoms with E-state index in [2.05, 4.69) is 16.0 Å². The van der Waals surface area contributed by atoms with E-state index in [1.165, 1.54) is 18.7 Å². The van der Waals surface area contributed by atoms with Gasteiger partial charge in [-0.1, -0.05) is 30.3 Å². The Labute approximate surface area is 174 Å². The molecule has 0 bridgehead atoms. The molecule has 0 aliphatic heterocycles. The number of nitrogens with one attached hydrogen (secondary N) is 3. The fourth-order valence-corrected chi connectivity index (χ4v) is 2.90. The monoisotopic (exact) mass is 423 g/mol. The molecule has 1 rings (SSSR count). The van der Waals surface area contributed by atoms with E-state index in [-0.39, 0.29) is 13.0 Å². The number of carbonyl (C=O) groups is 4. The minimum Gasteiger partial charge on any atom is -0.368 e. The summed E-state index contributed by atoms with van der Waals surface area (Å²) in [4.78, 5) is 48.2. The van der Waals surface area contributed by atoms with Crippen molar-refractivity contribution >= 4 is 35.4 Å². The number of carbonyl (C=O) groups excluding carboxylic acids is 4. The molecule has 0 aliphatic rings. The third-order valence-electron chi connectivity index (χ3n) is 4.04. The molecule has 160 valence electrons. The molecule has 0 aliphatic carbocycles. The van der Waals surface area contributed by atoms with Crippen LogP contribution in [0.1, 0.15) is 18.9 Å². The Kier molecular flexibility index (Phi) is 10.8. The number of benzene rings is 1. The molecule has 0 saturated carbocycles. The van der Waals surface area contributed by atoms with E-state index in [1.54, 1.807) is 0 Å². The van der Waals surface area contributed by atoms with Crippen LogP contribution in [0, 0.1) is 0 Å². The standard InChI is InChI=1S/C19H29N5O4S/c1-12(20)18(27)22-11-16(25)23-15(10-13-6-4-3-5-7-13)19(28)24-14(17(21)26)8-9-29-2/h3-7,12,14-15H,8-11,20H2,1-2H3,(H2,21,26)(H,22,27)(H,23,25)(H,24,28)/t12-,14+,15+/m1/s1. The van der Waals surface area contributed by atoms with Crippen LogP contribution in [0.15, 0.2) is 30.3 Å². The molecule has 1 aromatic carbocycles. The minimum absolute atomic E-state index is 0.216. The van der Waals surface area contributed by atoms with Crippen LogP contribution in [0.4, 0.5) is 0 Å². The second-order valence-corrected chi connectivity index (χ2v) is 7.55. The highest BCUT2D eigenvalue weighted by Gasteiger charge is 2.26. The first-order chi connectivity index (χ1) is 13.7. The average Bonchev–Trinajstić information content (AvgIpc) is 2.69. The quantitative estimate of drug-likeness (QED) is 0.287. The lowest BCUT2D eigenvalue weighted by Gasteiger charge is -2.22. The van der Waals surface area contributed by atoms with Crippen molar-refractivity contribution in [3.05, 3.63) is 35.9 Å². The zero-order chi connectivity index (χ0) is 21.8. The average molecular weight is 424 g/mol. The second-order valence-electron chi connectivity index (χ2n) is 6.56. The fraction of sp³-hybridized carbons (Fsp3) is 0.474. The summed E-state index contributed by atoms with van der Waals surface area (Å²) in [6.45, 7) is 1.18. The molecule has 4 amide bonds. The molecule has 0 aromatic heterocycles. The van der Waals surface area contributed by atoms with Crippen molar-refractivity contribution in [2.45, 2.75) is 37.9 Å². The summed E-state index contributed by atoms with van der Waals surface area (Å²) >= 11 is 1.53. The van der Waals surface area contributed by atoms with Crippen LogP contribution in [-0.2, 0) is 25.6 Å². The molecule has 0 heterocycles. The van der Waals surface area contributed by atoms with E-state index in [4.69, 9.17) is 11.5 Å².